The molecule has 2 aromatic heterocycles. The number of carboxylic acid groups (broad SMARTS) is 1. The van der Waals surface area contributed by atoms with Crippen LogP contribution in [0, 0.1) is 0 Å². The molecule has 3 heterocycles. The minimum Gasteiger partial charge on any atom is -0.478 e. The second-order valence-electron chi connectivity index (χ2n) is 3.65. The van der Waals surface area contributed by atoms with Crippen molar-refractivity contribution in [3.63, 3.8) is 0 Å². The van der Waals surface area contributed by atoms with E-state index >= 15 is 0 Å². The molecule has 0 amide bonds. The summed E-state index contributed by atoms with van der Waals surface area (Å²) in [5.41, 5.74) is 1.48. The van der Waals surface area contributed by atoms with Crippen LogP contribution in [0.4, 0.5) is 0 Å². The second kappa shape index (κ2) is 3.88. The van der Waals surface area contributed by atoms with Gasteiger partial charge in [0.1, 0.15) is 5.82 Å². The van der Waals surface area contributed by atoms with Crippen LogP contribution in [0.15, 0.2) is 29.2 Å². The number of hydrogen-bond donors (Lipinski definition) is 2. The number of H-pyrrole nitrogens is 1. The van der Waals surface area contributed by atoms with Gasteiger partial charge in [0, 0.05) is 22.6 Å². The molecule has 0 aromatic carbocycles. The van der Waals surface area contributed by atoms with Crippen molar-refractivity contribution in [2.75, 3.05) is 0 Å². The van der Waals surface area contributed by atoms with E-state index in [2.05, 4.69) is 15.0 Å². The summed E-state index contributed by atoms with van der Waals surface area (Å²) in [5.74, 6) is -0.578. The van der Waals surface area contributed by atoms with Crippen molar-refractivity contribution < 1.29 is 14.1 Å². The van der Waals surface area contributed by atoms with Crippen molar-refractivity contribution in [2.45, 2.75) is 0 Å². The van der Waals surface area contributed by atoms with Gasteiger partial charge in [0.2, 0.25) is 0 Å². The smallest absolute Gasteiger partial charge is 0.338 e. The van der Waals surface area contributed by atoms with E-state index < -0.39 is 16.8 Å². The van der Waals surface area contributed by atoms with Crippen LogP contribution in [0.1, 0.15) is 16.2 Å². The van der Waals surface area contributed by atoms with Crippen molar-refractivity contribution in [1.82, 2.24) is 15.0 Å². The molecule has 3 rings (SSSR count). The molecule has 0 saturated heterocycles. The number of imidazole rings is 1. The highest BCUT2D eigenvalue weighted by Gasteiger charge is 2.16. The SMILES string of the molecule is O=C(O)c1ccnc2nc(C3=CS(=O)C=C3)[nH]c12. The molecule has 7 heteroatoms. The first-order valence-electron chi connectivity index (χ1n) is 5.03. The summed E-state index contributed by atoms with van der Waals surface area (Å²) in [6, 6.07) is 1.41. The van der Waals surface area contributed by atoms with Gasteiger partial charge in [-0.3, -0.25) is 4.21 Å². The maximum absolute atomic E-state index is 11.2. The number of allylic oxidation sites excluding steroid dienone is 2. The summed E-state index contributed by atoms with van der Waals surface area (Å²) in [5, 5.41) is 12.1. The maximum Gasteiger partial charge on any atom is 0.338 e. The number of pyridine rings is 1. The van der Waals surface area contributed by atoms with Crippen molar-refractivity contribution in [2.24, 2.45) is 0 Å². The van der Waals surface area contributed by atoms with Gasteiger partial charge in [-0.25, -0.2) is 14.8 Å². The van der Waals surface area contributed by atoms with Gasteiger partial charge in [-0.05, 0) is 12.1 Å². The minimum absolute atomic E-state index is 0.113. The van der Waals surface area contributed by atoms with Gasteiger partial charge in [-0.2, -0.15) is 0 Å². The molecular weight excluding hydrogens is 254 g/mol. The van der Waals surface area contributed by atoms with Crippen LogP contribution in [0.5, 0.6) is 0 Å². The molecule has 1 unspecified atom stereocenters. The number of aromatic nitrogens is 3. The van der Waals surface area contributed by atoms with E-state index in [1.54, 1.807) is 6.08 Å². The lowest BCUT2D eigenvalue weighted by Gasteiger charge is -1.93. The molecule has 1 aliphatic rings. The number of carboxylic acids is 1. The zero-order valence-corrected chi connectivity index (χ0v) is 9.77. The van der Waals surface area contributed by atoms with Gasteiger partial charge >= 0.3 is 5.97 Å². The number of nitrogens with zero attached hydrogens (tertiary/aromatic N) is 2. The van der Waals surface area contributed by atoms with E-state index in [-0.39, 0.29) is 5.56 Å². The van der Waals surface area contributed by atoms with Gasteiger partial charge < -0.3 is 10.1 Å². The quantitative estimate of drug-likeness (QED) is 0.848. The molecule has 0 bridgehead atoms. The number of carbonyl (C=O) groups is 1. The minimum atomic E-state index is -1.13. The Labute approximate surface area is 104 Å². The maximum atomic E-state index is 11.2. The van der Waals surface area contributed by atoms with Gasteiger partial charge in [0.25, 0.3) is 0 Å². The number of nitrogens with one attached hydrogen (secondary N) is 1. The monoisotopic (exact) mass is 261 g/mol. The van der Waals surface area contributed by atoms with Crippen molar-refractivity contribution in [3.8, 4) is 0 Å². The Morgan fingerprint density at radius 3 is 2.94 bits per heavy atom. The van der Waals surface area contributed by atoms with Crippen molar-refractivity contribution in [1.29, 1.82) is 0 Å². The fourth-order valence-electron chi connectivity index (χ4n) is 1.70. The van der Waals surface area contributed by atoms with Crippen LogP contribution in [0.25, 0.3) is 16.7 Å². The highest BCUT2D eigenvalue weighted by atomic mass is 32.2. The molecule has 90 valence electrons. The number of rotatable bonds is 2. The third-order valence-corrected chi connectivity index (χ3v) is 3.41. The third-order valence-electron chi connectivity index (χ3n) is 2.52. The van der Waals surface area contributed by atoms with Crippen LogP contribution < -0.4 is 0 Å². The topological polar surface area (TPSA) is 95.9 Å². The zero-order valence-electron chi connectivity index (χ0n) is 8.95. The average Bonchev–Trinajstić information content (AvgIpc) is 2.93. The number of fused-ring (bicyclic) bond motifs is 1. The molecule has 0 saturated carbocycles. The van der Waals surface area contributed by atoms with Crippen molar-refractivity contribution in [3.05, 3.63) is 40.5 Å². The Hall–Kier alpha value is -2.28. The van der Waals surface area contributed by atoms with E-state index in [0.29, 0.717) is 22.6 Å². The third kappa shape index (κ3) is 1.65. The fourth-order valence-corrected chi connectivity index (χ4v) is 2.50. The van der Waals surface area contributed by atoms with E-state index in [4.69, 9.17) is 5.11 Å². The number of aromatic amines is 1. The predicted octanol–water partition coefficient (Wildman–Crippen LogP) is 1.27. The standard InChI is InChI=1S/C11H7N3O3S/c15-11(16)7-1-3-12-10-8(7)13-9(14-10)6-2-4-18(17)5-6/h1-5H,(H,15,16)(H,12,13,14). The number of aromatic carboxylic acids is 1. The molecule has 0 spiro atoms. The predicted molar refractivity (Wildman–Crippen MR) is 66.1 cm³/mol. The lowest BCUT2D eigenvalue weighted by Crippen LogP contribution is -1.97. The van der Waals surface area contributed by atoms with Crippen LogP contribution >= 0.6 is 0 Å². The lowest BCUT2D eigenvalue weighted by atomic mass is 10.2. The Balaban J connectivity index is 2.20. The van der Waals surface area contributed by atoms with Crippen LogP contribution in [0.2, 0.25) is 0 Å². The van der Waals surface area contributed by atoms with Crippen molar-refractivity contribution >= 4 is 33.5 Å². The van der Waals surface area contributed by atoms with E-state index in [1.807, 2.05) is 0 Å². The lowest BCUT2D eigenvalue weighted by molar-refractivity contribution is 0.0698. The molecule has 1 aliphatic heterocycles. The first-order valence-corrected chi connectivity index (χ1v) is 6.30. The fraction of sp³-hybridized carbons (Fsp3) is 0. The van der Waals surface area contributed by atoms with E-state index in [9.17, 15) is 9.00 Å². The summed E-state index contributed by atoms with van der Waals surface area (Å²) in [7, 11) is -1.13. The molecule has 0 radical (unpaired) electrons. The first kappa shape index (κ1) is 10.8. The second-order valence-corrected chi connectivity index (χ2v) is 4.82. The molecule has 2 N–H and O–H groups in total. The van der Waals surface area contributed by atoms with Gasteiger partial charge in [-0.15, -0.1) is 0 Å². The summed E-state index contributed by atoms with van der Waals surface area (Å²) >= 11 is 0. The summed E-state index contributed by atoms with van der Waals surface area (Å²) in [6.45, 7) is 0. The van der Waals surface area contributed by atoms with Gasteiger partial charge in [-0.1, -0.05) is 0 Å². The van der Waals surface area contributed by atoms with Gasteiger partial charge in [0.15, 0.2) is 5.65 Å². The molecule has 0 fully saturated rings. The largest absolute Gasteiger partial charge is 0.478 e. The Bertz CT molecular complexity index is 745. The zero-order chi connectivity index (χ0) is 12.7. The summed E-state index contributed by atoms with van der Waals surface area (Å²) in [4.78, 5) is 22.1. The highest BCUT2D eigenvalue weighted by Crippen LogP contribution is 2.23. The average molecular weight is 261 g/mol. The molecular formula is C11H7N3O3S. The summed E-state index contributed by atoms with van der Waals surface area (Å²) < 4.78 is 11.2. The molecule has 1 atom stereocenters. The van der Waals surface area contributed by atoms with Crippen LogP contribution in [0.3, 0.4) is 0 Å². The van der Waals surface area contributed by atoms with Crippen LogP contribution in [-0.2, 0) is 10.8 Å². The van der Waals surface area contributed by atoms with E-state index in [0.717, 1.165) is 0 Å². The Kier molecular flexibility index (Phi) is 2.34. The summed E-state index contributed by atoms with van der Waals surface area (Å²) in [6.07, 6.45) is 3.07. The Morgan fingerprint density at radius 1 is 1.44 bits per heavy atom. The normalized spacial score (nSPS) is 18.2. The molecule has 0 aliphatic carbocycles. The Morgan fingerprint density at radius 2 is 2.28 bits per heavy atom. The van der Waals surface area contributed by atoms with Gasteiger partial charge in [0.05, 0.1) is 21.9 Å². The molecule has 6 nitrogen and oxygen atoms in total. The van der Waals surface area contributed by atoms with Crippen LogP contribution in [-0.4, -0.2) is 30.2 Å². The first-order chi connectivity index (χ1) is 8.65. The number of hydrogen-bond acceptors (Lipinski definition) is 4. The highest BCUT2D eigenvalue weighted by molar-refractivity contribution is 7.91. The molecule has 18 heavy (non-hydrogen) atoms. The van der Waals surface area contributed by atoms with E-state index in [1.165, 1.54) is 23.1 Å². The molecule has 2 aromatic rings.